The number of hydrogen-bond donors (Lipinski definition) is 1. The third kappa shape index (κ3) is 3.85. The highest BCUT2D eigenvalue weighted by Crippen LogP contribution is 2.29. The summed E-state index contributed by atoms with van der Waals surface area (Å²) in [4.78, 5) is 31.2. The van der Waals surface area contributed by atoms with Gasteiger partial charge in [-0.3, -0.25) is 9.36 Å². The number of rotatable bonds is 4. The Bertz CT molecular complexity index is 1540. The number of imidazole rings is 1. The van der Waals surface area contributed by atoms with Gasteiger partial charge < -0.3 is 9.88 Å². The van der Waals surface area contributed by atoms with Crippen molar-refractivity contribution in [3.63, 3.8) is 0 Å². The van der Waals surface area contributed by atoms with Crippen LogP contribution in [0.1, 0.15) is 29.2 Å². The zero-order chi connectivity index (χ0) is 23.8. The number of nitrogens with zero attached hydrogens (tertiary/aromatic N) is 4. The molecule has 5 aromatic rings. The summed E-state index contributed by atoms with van der Waals surface area (Å²) < 4.78 is 3.62. The fourth-order valence-corrected chi connectivity index (χ4v) is 4.99. The van der Waals surface area contributed by atoms with Crippen LogP contribution in [0.25, 0.3) is 28.0 Å². The number of para-hydroxylation sites is 3. The third-order valence-corrected chi connectivity index (χ3v) is 6.75. The molecule has 174 valence electrons. The van der Waals surface area contributed by atoms with Gasteiger partial charge in [-0.05, 0) is 37.1 Å². The molecule has 1 N–H and O–H groups in total. The predicted molar refractivity (Wildman–Crippen MR) is 136 cm³/mol. The van der Waals surface area contributed by atoms with E-state index in [9.17, 15) is 9.59 Å². The fourth-order valence-electron chi connectivity index (χ4n) is 4.99. The average molecular weight is 464 g/mol. The van der Waals surface area contributed by atoms with E-state index in [-0.39, 0.29) is 17.6 Å². The van der Waals surface area contributed by atoms with Crippen molar-refractivity contribution in [1.29, 1.82) is 0 Å². The Morgan fingerprint density at radius 3 is 2.26 bits per heavy atom. The lowest BCUT2D eigenvalue weighted by atomic mass is 10.0. The van der Waals surface area contributed by atoms with Gasteiger partial charge in [-0.25, -0.2) is 9.48 Å². The van der Waals surface area contributed by atoms with Crippen LogP contribution in [0.15, 0.2) is 95.9 Å². The molecule has 1 fully saturated rings. The SMILES string of the molecule is O=C(c1cn(-c2ccccc2)nc1-c1ccccc1)N1CCC(n2c(=O)[nH]c3ccccc32)CC1. The maximum atomic E-state index is 13.7. The van der Waals surface area contributed by atoms with E-state index < -0.39 is 0 Å². The number of aromatic nitrogens is 4. The minimum absolute atomic E-state index is 0.0317. The highest BCUT2D eigenvalue weighted by molar-refractivity contribution is 6.00. The van der Waals surface area contributed by atoms with E-state index in [0.717, 1.165) is 35.1 Å². The molecule has 0 saturated carbocycles. The number of carbonyl (C=O) groups excluding carboxylic acids is 1. The lowest BCUT2D eigenvalue weighted by Gasteiger charge is -2.32. The Hall–Kier alpha value is -4.39. The van der Waals surface area contributed by atoms with Crippen LogP contribution in [-0.4, -0.2) is 43.2 Å². The molecule has 0 bridgehead atoms. The average Bonchev–Trinajstić information content (AvgIpc) is 3.50. The van der Waals surface area contributed by atoms with Crippen LogP contribution < -0.4 is 5.69 Å². The molecule has 0 atom stereocenters. The Morgan fingerprint density at radius 1 is 0.857 bits per heavy atom. The Balaban J connectivity index is 1.28. The molecule has 7 heteroatoms. The summed E-state index contributed by atoms with van der Waals surface area (Å²) in [5.74, 6) is -0.0317. The van der Waals surface area contributed by atoms with E-state index >= 15 is 0 Å². The van der Waals surface area contributed by atoms with Crippen molar-refractivity contribution in [3.8, 4) is 16.9 Å². The van der Waals surface area contributed by atoms with Crippen LogP contribution in [0.4, 0.5) is 0 Å². The molecule has 3 heterocycles. The second-order valence-electron chi connectivity index (χ2n) is 8.88. The first kappa shape index (κ1) is 21.2. The molecule has 1 aliphatic heterocycles. The number of H-pyrrole nitrogens is 1. The monoisotopic (exact) mass is 463 g/mol. The quantitative estimate of drug-likeness (QED) is 0.421. The van der Waals surface area contributed by atoms with Crippen molar-refractivity contribution in [2.45, 2.75) is 18.9 Å². The van der Waals surface area contributed by atoms with Gasteiger partial charge in [0.1, 0.15) is 5.69 Å². The molecular formula is C28H25N5O2. The van der Waals surface area contributed by atoms with Crippen molar-refractivity contribution >= 4 is 16.9 Å². The number of aromatic amines is 1. The van der Waals surface area contributed by atoms with Gasteiger partial charge in [-0.2, -0.15) is 5.10 Å². The molecule has 0 unspecified atom stereocenters. The molecule has 1 saturated heterocycles. The van der Waals surface area contributed by atoms with Gasteiger partial charge in [0.25, 0.3) is 5.91 Å². The minimum atomic E-state index is -0.0912. The van der Waals surface area contributed by atoms with Crippen LogP contribution in [0.3, 0.4) is 0 Å². The second-order valence-corrected chi connectivity index (χ2v) is 8.88. The van der Waals surface area contributed by atoms with Crippen molar-refractivity contribution < 1.29 is 4.79 Å². The van der Waals surface area contributed by atoms with Gasteiger partial charge in [0, 0.05) is 30.9 Å². The molecule has 1 amide bonds. The summed E-state index contributed by atoms with van der Waals surface area (Å²) in [6.45, 7) is 1.17. The number of fused-ring (bicyclic) bond motifs is 1. The molecule has 0 spiro atoms. The topological polar surface area (TPSA) is 75.9 Å². The maximum absolute atomic E-state index is 13.7. The van der Waals surface area contributed by atoms with Crippen molar-refractivity contribution in [3.05, 3.63) is 107 Å². The Labute approximate surface area is 202 Å². The number of amides is 1. The molecule has 7 nitrogen and oxygen atoms in total. The number of nitrogens with one attached hydrogen (secondary N) is 1. The van der Waals surface area contributed by atoms with Crippen molar-refractivity contribution in [2.24, 2.45) is 0 Å². The van der Waals surface area contributed by atoms with Crippen LogP contribution in [0.5, 0.6) is 0 Å². The largest absolute Gasteiger partial charge is 0.338 e. The predicted octanol–water partition coefficient (Wildman–Crippen LogP) is 4.66. The highest BCUT2D eigenvalue weighted by Gasteiger charge is 2.29. The van der Waals surface area contributed by atoms with Crippen LogP contribution in [-0.2, 0) is 0 Å². The summed E-state index contributed by atoms with van der Waals surface area (Å²) >= 11 is 0. The first-order chi connectivity index (χ1) is 17.2. The Morgan fingerprint density at radius 2 is 1.51 bits per heavy atom. The van der Waals surface area contributed by atoms with Gasteiger partial charge in [0.05, 0.1) is 22.3 Å². The van der Waals surface area contributed by atoms with Crippen LogP contribution in [0, 0.1) is 0 Å². The van der Waals surface area contributed by atoms with E-state index in [1.165, 1.54) is 0 Å². The molecule has 2 aromatic heterocycles. The van der Waals surface area contributed by atoms with Crippen LogP contribution in [0.2, 0.25) is 0 Å². The van der Waals surface area contributed by atoms with E-state index in [4.69, 9.17) is 5.10 Å². The molecule has 0 aliphatic carbocycles. The Kier molecular flexibility index (Phi) is 5.29. The fraction of sp³-hybridized carbons (Fsp3) is 0.179. The highest BCUT2D eigenvalue weighted by atomic mass is 16.2. The van der Waals surface area contributed by atoms with Crippen molar-refractivity contribution in [2.75, 3.05) is 13.1 Å². The second kappa shape index (κ2) is 8.76. The molecular weight excluding hydrogens is 438 g/mol. The summed E-state index contributed by atoms with van der Waals surface area (Å²) in [7, 11) is 0. The molecule has 6 rings (SSSR count). The van der Waals surface area contributed by atoms with Gasteiger partial charge in [0.15, 0.2) is 0 Å². The summed E-state index contributed by atoms with van der Waals surface area (Å²) in [5, 5.41) is 4.79. The molecule has 1 aliphatic rings. The lowest BCUT2D eigenvalue weighted by Crippen LogP contribution is -2.40. The summed E-state index contributed by atoms with van der Waals surface area (Å²) in [6, 6.07) is 27.4. The standard InChI is InChI=1S/C28H25N5O2/c34-27(31-17-15-22(16-18-31)33-25-14-8-7-13-24(25)29-28(33)35)23-19-32(21-11-5-2-6-12-21)30-26(23)20-9-3-1-4-10-20/h1-14,19,22H,15-18H2,(H,29,35). The van der Waals surface area contributed by atoms with E-state index in [2.05, 4.69) is 4.98 Å². The third-order valence-electron chi connectivity index (χ3n) is 6.75. The summed E-state index contributed by atoms with van der Waals surface area (Å²) in [6.07, 6.45) is 3.28. The number of benzene rings is 3. The van der Waals surface area contributed by atoms with Gasteiger partial charge in [-0.15, -0.1) is 0 Å². The molecule has 3 aromatic carbocycles. The van der Waals surface area contributed by atoms with Crippen LogP contribution >= 0.6 is 0 Å². The number of carbonyl (C=O) groups is 1. The van der Waals surface area contributed by atoms with E-state index in [1.807, 2.05) is 101 Å². The zero-order valence-electron chi connectivity index (χ0n) is 19.2. The number of likely N-dealkylation sites (tertiary alicyclic amines) is 1. The molecule has 35 heavy (non-hydrogen) atoms. The number of hydrogen-bond acceptors (Lipinski definition) is 3. The minimum Gasteiger partial charge on any atom is -0.338 e. The van der Waals surface area contributed by atoms with Gasteiger partial charge >= 0.3 is 5.69 Å². The van der Waals surface area contributed by atoms with E-state index in [1.54, 1.807) is 4.68 Å². The zero-order valence-corrected chi connectivity index (χ0v) is 19.2. The van der Waals surface area contributed by atoms with Gasteiger partial charge in [0.2, 0.25) is 0 Å². The van der Waals surface area contributed by atoms with Gasteiger partial charge in [-0.1, -0.05) is 60.7 Å². The first-order valence-corrected chi connectivity index (χ1v) is 11.9. The molecule has 0 radical (unpaired) electrons. The maximum Gasteiger partial charge on any atom is 0.326 e. The number of piperidine rings is 1. The smallest absolute Gasteiger partial charge is 0.326 e. The van der Waals surface area contributed by atoms with E-state index in [0.29, 0.717) is 24.3 Å². The van der Waals surface area contributed by atoms with Crippen molar-refractivity contribution in [1.82, 2.24) is 24.2 Å². The lowest BCUT2D eigenvalue weighted by molar-refractivity contribution is 0.0696. The first-order valence-electron chi connectivity index (χ1n) is 11.9. The summed E-state index contributed by atoms with van der Waals surface area (Å²) in [5.41, 5.74) is 4.74. The normalized spacial score (nSPS) is 14.5.